The minimum Gasteiger partial charge on any atom is -0.226 e. The molecule has 0 heterocycles. The minimum atomic E-state index is -2.72. The van der Waals surface area contributed by atoms with Crippen LogP contribution in [-0.2, 0) is 0 Å². The zero-order valence-electron chi connectivity index (χ0n) is 17.1. The lowest BCUT2D eigenvalue weighted by molar-refractivity contribution is 0.652. The van der Waals surface area contributed by atoms with Gasteiger partial charge in [-0.25, -0.2) is 20.2 Å². The number of benzene rings is 2. The van der Waals surface area contributed by atoms with E-state index in [4.69, 9.17) is 13.1 Å². The second-order valence-electron chi connectivity index (χ2n) is 7.37. The van der Waals surface area contributed by atoms with Crippen LogP contribution < -0.4 is 10.6 Å². The van der Waals surface area contributed by atoms with Crippen molar-refractivity contribution in [1.29, 1.82) is 10.5 Å². The van der Waals surface area contributed by atoms with Crippen LogP contribution >= 0.6 is 6.89 Å². The molecule has 0 saturated heterocycles. The van der Waals surface area contributed by atoms with Gasteiger partial charge in [0.05, 0.1) is 25.3 Å². The summed E-state index contributed by atoms with van der Waals surface area (Å²) in [5.41, 5.74) is 0.450. The van der Waals surface area contributed by atoms with E-state index in [9.17, 15) is 10.5 Å². The molecule has 2 aromatic rings. The van der Waals surface area contributed by atoms with Gasteiger partial charge in [-0.05, 0) is 47.1 Å². The fourth-order valence-corrected chi connectivity index (χ4v) is 7.61. The Morgan fingerprint density at radius 1 is 0.839 bits per heavy atom. The van der Waals surface area contributed by atoms with E-state index in [1.54, 1.807) is 0 Å². The molecule has 31 heavy (non-hydrogen) atoms. The number of hydrogen-bond acceptors (Lipinski definition) is 2. The first-order valence-corrected chi connectivity index (χ1v) is 12.0. The predicted molar refractivity (Wildman–Crippen MR) is 127 cm³/mol. The largest absolute Gasteiger partial charge is 0.269 e. The summed E-state index contributed by atoms with van der Waals surface area (Å²) in [7, 11) is 0. The molecular weight excluding hydrogens is 399 g/mol. The van der Waals surface area contributed by atoms with E-state index in [1.165, 1.54) is 0 Å². The third-order valence-electron chi connectivity index (χ3n) is 5.71. The Balaban J connectivity index is 2.51. The Hall–Kier alpha value is -3.82. The van der Waals surface area contributed by atoms with Gasteiger partial charge in [-0.15, -0.1) is 0 Å². The standard InChI is InChI=1S/C26H21N4P/c1-29-23(18-27)25(20-12-10-11-13-20)26(24(19-28)30-2)31(3,21-14-6-4-7-15-21)22-16-8-5-9-17-22/h4-9,14-17,20H,3,10-13H2/b25-23-,26-24-. The SMILES string of the molecule is [C-]#[N+]/C(C#N)=C(\C(=C(/C#N)[N+]#[C-])P(=C)(c1ccccc1)c1ccccc1)C1CCCC1. The molecule has 0 N–H and O–H groups in total. The smallest absolute Gasteiger partial charge is 0.226 e. The first kappa shape index (κ1) is 21.9. The maximum Gasteiger partial charge on any atom is 0.269 e. The van der Waals surface area contributed by atoms with Gasteiger partial charge in [0.25, 0.3) is 11.4 Å². The molecule has 0 unspecified atom stereocenters. The highest BCUT2D eigenvalue weighted by molar-refractivity contribution is 7.91. The van der Waals surface area contributed by atoms with Crippen LogP contribution in [0.2, 0.25) is 0 Å². The zero-order chi connectivity index (χ0) is 22.3. The summed E-state index contributed by atoms with van der Waals surface area (Å²) in [6, 6.07) is 23.5. The highest BCUT2D eigenvalue weighted by Gasteiger charge is 2.35. The van der Waals surface area contributed by atoms with E-state index >= 15 is 0 Å². The first-order chi connectivity index (χ1) is 15.1. The number of nitrogens with zero attached hydrogens (tertiary/aromatic N) is 4. The van der Waals surface area contributed by atoms with Gasteiger partial charge >= 0.3 is 0 Å². The van der Waals surface area contributed by atoms with Gasteiger partial charge in [-0.1, -0.05) is 79.8 Å². The van der Waals surface area contributed by atoms with Crippen molar-refractivity contribution in [2.75, 3.05) is 0 Å². The van der Waals surface area contributed by atoms with E-state index in [-0.39, 0.29) is 17.3 Å². The molecule has 150 valence electrons. The number of allylic oxidation sites excluding steroid dienone is 4. The monoisotopic (exact) mass is 420 g/mol. The molecule has 0 atom stereocenters. The molecule has 0 spiro atoms. The molecule has 0 aromatic heterocycles. The zero-order valence-corrected chi connectivity index (χ0v) is 18.0. The molecule has 0 aliphatic heterocycles. The molecule has 1 aliphatic rings. The third-order valence-corrected chi connectivity index (χ3v) is 9.28. The molecule has 1 fully saturated rings. The van der Waals surface area contributed by atoms with E-state index in [2.05, 4.69) is 28.1 Å². The molecule has 0 bridgehead atoms. The van der Waals surface area contributed by atoms with Crippen LogP contribution in [0.4, 0.5) is 0 Å². The highest BCUT2D eigenvalue weighted by atomic mass is 31.2. The van der Waals surface area contributed by atoms with Crippen LogP contribution in [0.15, 0.2) is 82.9 Å². The lowest BCUT2D eigenvalue weighted by atomic mass is 9.94. The van der Waals surface area contributed by atoms with Gasteiger partial charge in [-0.3, -0.25) is 0 Å². The van der Waals surface area contributed by atoms with E-state index in [0.717, 1.165) is 36.3 Å². The summed E-state index contributed by atoms with van der Waals surface area (Å²) in [6.45, 7) is 12.7. The summed E-state index contributed by atoms with van der Waals surface area (Å²) in [6.07, 6.45) is 8.34. The summed E-state index contributed by atoms with van der Waals surface area (Å²) in [5, 5.41) is 22.1. The average molecular weight is 420 g/mol. The number of hydrogen-bond donors (Lipinski definition) is 0. The Bertz CT molecular complexity index is 1160. The minimum absolute atomic E-state index is 0.0295. The molecule has 1 aliphatic carbocycles. The van der Waals surface area contributed by atoms with Gasteiger partial charge in [0.2, 0.25) is 0 Å². The van der Waals surface area contributed by atoms with Crippen LogP contribution in [0, 0.1) is 41.7 Å². The molecule has 0 amide bonds. The first-order valence-electron chi connectivity index (χ1n) is 10.0. The predicted octanol–water partition coefficient (Wildman–Crippen LogP) is 5.63. The fourth-order valence-electron chi connectivity index (χ4n) is 4.28. The highest BCUT2D eigenvalue weighted by Crippen LogP contribution is 2.59. The van der Waals surface area contributed by atoms with Crippen molar-refractivity contribution < 1.29 is 0 Å². The Labute approximate surface area is 184 Å². The van der Waals surface area contributed by atoms with E-state index < -0.39 is 6.89 Å². The van der Waals surface area contributed by atoms with Crippen molar-refractivity contribution in [3.8, 4) is 12.1 Å². The van der Waals surface area contributed by atoms with Crippen LogP contribution in [0.1, 0.15) is 25.7 Å². The van der Waals surface area contributed by atoms with Crippen molar-refractivity contribution in [2.24, 2.45) is 5.92 Å². The number of nitriles is 2. The summed E-state index contributed by atoms with van der Waals surface area (Å²) >= 11 is 0. The molecule has 5 heteroatoms. The van der Waals surface area contributed by atoms with Gasteiger partial charge in [-0.2, -0.15) is 0 Å². The average Bonchev–Trinajstić information content (AvgIpc) is 3.36. The molecular formula is C26H21N4P. The normalized spacial score (nSPS) is 15.5. The van der Waals surface area contributed by atoms with Gasteiger partial charge in [0, 0.05) is 0 Å². The summed E-state index contributed by atoms with van der Waals surface area (Å²) in [5.74, 6) is -0.0302. The second kappa shape index (κ2) is 9.79. The lowest BCUT2D eigenvalue weighted by Gasteiger charge is -2.33. The van der Waals surface area contributed by atoms with Gasteiger partial charge in [0.1, 0.15) is 0 Å². The van der Waals surface area contributed by atoms with Crippen LogP contribution in [0.3, 0.4) is 0 Å². The fraction of sp³-hybridized carbons (Fsp3) is 0.192. The van der Waals surface area contributed by atoms with Crippen molar-refractivity contribution in [1.82, 2.24) is 0 Å². The van der Waals surface area contributed by atoms with Gasteiger partial charge < -0.3 is 0 Å². The topological polar surface area (TPSA) is 56.3 Å². The van der Waals surface area contributed by atoms with Crippen molar-refractivity contribution in [3.05, 3.63) is 106 Å². The van der Waals surface area contributed by atoms with Crippen molar-refractivity contribution in [2.45, 2.75) is 25.7 Å². The number of rotatable bonds is 5. The van der Waals surface area contributed by atoms with Crippen LogP contribution in [0.5, 0.6) is 0 Å². The van der Waals surface area contributed by atoms with Crippen LogP contribution in [0.25, 0.3) is 9.69 Å². The molecule has 4 nitrogen and oxygen atoms in total. The van der Waals surface area contributed by atoms with Gasteiger partial charge in [0.15, 0.2) is 0 Å². The molecule has 1 saturated carbocycles. The molecule has 3 rings (SSSR count). The Morgan fingerprint density at radius 3 is 1.68 bits per heavy atom. The summed E-state index contributed by atoms with van der Waals surface area (Å²) < 4.78 is 0. The Kier molecular flexibility index (Phi) is 6.91. The Morgan fingerprint density at radius 2 is 1.29 bits per heavy atom. The van der Waals surface area contributed by atoms with Crippen LogP contribution in [-0.4, -0.2) is 6.30 Å². The summed E-state index contributed by atoms with van der Waals surface area (Å²) in [4.78, 5) is 7.11. The van der Waals surface area contributed by atoms with E-state index in [1.807, 2.05) is 60.7 Å². The molecule has 0 radical (unpaired) electrons. The maximum atomic E-state index is 9.96. The maximum absolute atomic E-state index is 9.96. The molecule has 2 aromatic carbocycles. The second-order valence-corrected chi connectivity index (χ2v) is 10.5. The third kappa shape index (κ3) is 4.09. The van der Waals surface area contributed by atoms with Crippen molar-refractivity contribution in [3.63, 3.8) is 0 Å². The lowest BCUT2D eigenvalue weighted by Crippen LogP contribution is -2.21. The van der Waals surface area contributed by atoms with Crippen molar-refractivity contribution >= 4 is 23.8 Å². The quantitative estimate of drug-likeness (QED) is 0.272. The van der Waals surface area contributed by atoms with E-state index in [0.29, 0.717) is 10.9 Å².